The maximum Gasteiger partial charge on any atom is 0.305 e. The number of carbonyl (C=O) groups excluding carboxylic acids is 2. The van der Waals surface area contributed by atoms with Crippen LogP contribution in [0.25, 0.3) is 5.65 Å². The van der Waals surface area contributed by atoms with E-state index in [-0.39, 0.29) is 18.3 Å². The predicted octanol–water partition coefficient (Wildman–Crippen LogP) is 2.90. The lowest BCUT2D eigenvalue weighted by atomic mass is 10.2. The Bertz CT molecular complexity index is 963. The fourth-order valence-corrected chi connectivity index (χ4v) is 2.72. The Kier molecular flexibility index (Phi) is 6.26. The number of esters is 1. The maximum atomic E-state index is 12.1. The number of aryl methyl sites for hydroxylation is 1. The first kappa shape index (κ1) is 19.4. The molecule has 3 aromatic rings. The van der Waals surface area contributed by atoms with Crippen LogP contribution in [0.15, 0.2) is 48.8 Å². The van der Waals surface area contributed by atoms with E-state index in [1.165, 1.54) is 7.11 Å². The second kappa shape index (κ2) is 9.03. The summed E-state index contributed by atoms with van der Waals surface area (Å²) in [7, 11) is 1.35. The summed E-state index contributed by atoms with van der Waals surface area (Å²) in [6.45, 7) is 2.80. The maximum absolute atomic E-state index is 12.1. The number of fused-ring (bicyclic) bond motifs is 1. The third-order valence-electron chi connectivity index (χ3n) is 4.22. The molecule has 1 aromatic carbocycles. The number of hydrogen-bond acceptors (Lipinski definition) is 5. The van der Waals surface area contributed by atoms with Crippen LogP contribution in [0.5, 0.6) is 5.75 Å². The normalized spacial score (nSPS) is 10.6. The molecule has 0 spiro atoms. The van der Waals surface area contributed by atoms with E-state index in [4.69, 9.17) is 4.74 Å². The number of carbonyl (C=O) groups is 2. The second-order valence-corrected chi connectivity index (χ2v) is 6.45. The van der Waals surface area contributed by atoms with Gasteiger partial charge in [0, 0.05) is 30.9 Å². The molecule has 1 amide bonds. The number of ether oxygens (including phenoxy) is 2. The van der Waals surface area contributed by atoms with Gasteiger partial charge in [0.2, 0.25) is 0 Å². The summed E-state index contributed by atoms with van der Waals surface area (Å²) in [6.07, 6.45) is 4.78. The van der Waals surface area contributed by atoms with Crippen molar-refractivity contribution in [3.63, 3.8) is 0 Å². The Morgan fingerprint density at radius 3 is 2.64 bits per heavy atom. The van der Waals surface area contributed by atoms with Crippen LogP contribution in [0.1, 0.15) is 34.5 Å². The molecule has 0 saturated heterocycles. The van der Waals surface area contributed by atoms with Gasteiger partial charge in [-0.2, -0.15) is 0 Å². The van der Waals surface area contributed by atoms with Gasteiger partial charge in [0.25, 0.3) is 5.91 Å². The minimum atomic E-state index is -0.281. The summed E-state index contributed by atoms with van der Waals surface area (Å²) in [5.41, 5.74) is 3.41. The van der Waals surface area contributed by atoms with Crippen molar-refractivity contribution in [2.45, 2.75) is 26.4 Å². The molecule has 7 nitrogen and oxygen atoms in total. The largest absolute Gasteiger partial charge is 0.487 e. The molecule has 0 aliphatic carbocycles. The van der Waals surface area contributed by atoms with Gasteiger partial charge in [-0.05, 0) is 49.2 Å². The van der Waals surface area contributed by atoms with E-state index in [1.807, 2.05) is 35.9 Å². The molecule has 0 aliphatic rings. The summed E-state index contributed by atoms with van der Waals surface area (Å²) in [5, 5.41) is 2.77. The third kappa shape index (κ3) is 5.09. The van der Waals surface area contributed by atoms with Gasteiger partial charge in [-0.15, -0.1) is 0 Å². The molecule has 0 bridgehead atoms. The fourth-order valence-electron chi connectivity index (χ4n) is 2.72. The fraction of sp³-hybridized carbons (Fsp3) is 0.286. The highest BCUT2D eigenvalue weighted by atomic mass is 16.5. The number of nitrogens with one attached hydrogen (secondary N) is 1. The number of nitrogens with zero attached hydrogens (tertiary/aromatic N) is 2. The van der Waals surface area contributed by atoms with Gasteiger partial charge in [-0.1, -0.05) is 6.07 Å². The summed E-state index contributed by atoms with van der Waals surface area (Å²) in [6, 6.07) is 10.9. The molecule has 0 saturated carbocycles. The Morgan fingerprint density at radius 2 is 1.89 bits per heavy atom. The SMILES string of the molecule is COC(=O)CCCNC(=O)c1ccc(OCc2cn3cc(C)ccc3n2)cc1. The van der Waals surface area contributed by atoms with Crippen LogP contribution in [0.4, 0.5) is 0 Å². The predicted molar refractivity (Wildman–Crippen MR) is 104 cm³/mol. The first-order valence-electron chi connectivity index (χ1n) is 9.07. The first-order valence-corrected chi connectivity index (χ1v) is 9.07. The van der Waals surface area contributed by atoms with Gasteiger partial charge >= 0.3 is 5.97 Å². The van der Waals surface area contributed by atoms with Crippen molar-refractivity contribution >= 4 is 17.5 Å². The summed E-state index contributed by atoms with van der Waals surface area (Å²) >= 11 is 0. The molecule has 1 N–H and O–H groups in total. The molecule has 0 fully saturated rings. The van der Waals surface area contributed by atoms with Gasteiger partial charge in [0.05, 0.1) is 12.8 Å². The summed E-state index contributed by atoms with van der Waals surface area (Å²) in [5.74, 6) is 0.194. The Hall–Kier alpha value is -3.35. The average Bonchev–Trinajstić information content (AvgIpc) is 3.11. The zero-order valence-corrected chi connectivity index (χ0v) is 16.0. The zero-order chi connectivity index (χ0) is 19.9. The van der Waals surface area contributed by atoms with Gasteiger partial charge in [-0.3, -0.25) is 9.59 Å². The first-order chi connectivity index (χ1) is 13.5. The van der Waals surface area contributed by atoms with E-state index in [1.54, 1.807) is 24.3 Å². The minimum Gasteiger partial charge on any atom is -0.487 e. The van der Waals surface area contributed by atoms with Crippen LogP contribution < -0.4 is 10.1 Å². The average molecular weight is 381 g/mol. The quantitative estimate of drug-likeness (QED) is 0.479. The van der Waals surface area contributed by atoms with E-state index in [0.717, 1.165) is 16.9 Å². The lowest BCUT2D eigenvalue weighted by molar-refractivity contribution is -0.140. The lowest BCUT2D eigenvalue weighted by Crippen LogP contribution is -2.24. The number of imidazole rings is 1. The Morgan fingerprint density at radius 1 is 1.11 bits per heavy atom. The topological polar surface area (TPSA) is 81.9 Å². The monoisotopic (exact) mass is 381 g/mol. The van der Waals surface area contributed by atoms with Crippen molar-refractivity contribution in [3.05, 3.63) is 65.6 Å². The van der Waals surface area contributed by atoms with Crippen molar-refractivity contribution in [3.8, 4) is 5.75 Å². The molecule has 0 radical (unpaired) electrons. The number of benzene rings is 1. The molecule has 28 heavy (non-hydrogen) atoms. The number of methoxy groups -OCH3 is 1. The van der Waals surface area contributed by atoms with Crippen LogP contribution in [0.2, 0.25) is 0 Å². The molecule has 0 atom stereocenters. The van der Waals surface area contributed by atoms with Gasteiger partial charge in [-0.25, -0.2) is 4.98 Å². The number of pyridine rings is 1. The number of rotatable bonds is 8. The molecule has 2 heterocycles. The van der Waals surface area contributed by atoms with E-state index in [9.17, 15) is 9.59 Å². The van der Waals surface area contributed by atoms with E-state index >= 15 is 0 Å². The van der Waals surface area contributed by atoms with E-state index in [0.29, 0.717) is 30.9 Å². The molecular formula is C21H23N3O4. The molecule has 0 unspecified atom stereocenters. The number of amides is 1. The van der Waals surface area contributed by atoms with Crippen LogP contribution >= 0.6 is 0 Å². The highest BCUT2D eigenvalue weighted by molar-refractivity contribution is 5.94. The van der Waals surface area contributed by atoms with Crippen molar-refractivity contribution in [2.75, 3.05) is 13.7 Å². The van der Waals surface area contributed by atoms with Gasteiger partial charge in [0.15, 0.2) is 0 Å². The molecule has 3 rings (SSSR count). The van der Waals surface area contributed by atoms with Crippen molar-refractivity contribution in [1.82, 2.24) is 14.7 Å². The second-order valence-electron chi connectivity index (χ2n) is 6.45. The highest BCUT2D eigenvalue weighted by Crippen LogP contribution is 2.15. The van der Waals surface area contributed by atoms with Crippen LogP contribution in [-0.4, -0.2) is 34.9 Å². The summed E-state index contributed by atoms with van der Waals surface area (Å²) in [4.78, 5) is 27.7. The molecule has 0 aliphatic heterocycles. The lowest BCUT2D eigenvalue weighted by Gasteiger charge is -2.07. The Balaban J connectivity index is 1.49. The van der Waals surface area contributed by atoms with Gasteiger partial charge in [0.1, 0.15) is 18.0 Å². The molecular weight excluding hydrogens is 358 g/mol. The number of aromatic nitrogens is 2. The molecule has 2 aromatic heterocycles. The smallest absolute Gasteiger partial charge is 0.305 e. The standard InChI is InChI=1S/C21H23N3O4/c1-15-5-10-19-23-17(13-24(19)12-15)14-28-18-8-6-16(7-9-18)21(26)22-11-3-4-20(25)27-2/h5-10,12-13H,3-4,11,14H2,1-2H3,(H,22,26). The minimum absolute atomic E-state index is 0.188. The zero-order valence-electron chi connectivity index (χ0n) is 16.0. The molecule has 7 heteroatoms. The van der Waals surface area contributed by atoms with Crippen molar-refractivity contribution < 1.29 is 19.1 Å². The Labute approximate surface area is 163 Å². The summed E-state index contributed by atoms with van der Waals surface area (Å²) < 4.78 is 12.3. The highest BCUT2D eigenvalue weighted by Gasteiger charge is 2.07. The molecule has 146 valence electrons. The van der Waals surface area contributed by atoms with Crippen LogP contribution in [-0.2, 0) is 16.1 Å². The van der Waals surface area contributed by atoms with Crippen molar-refractivity contribution in [2.24, 2.45) is 0 Å². The van der Waals surface area contributed by atoms with E-state index in [2.05, 4.69) is 15.0 Å². The van der Waals surface area contributed by atoms with Crippen molar-refractivity contribution in [1.29, 1.82) is 0 Å². The van der Waals surface area contributed by atoms with E-state index < -0.39 is 0 Å². The number of hydrogen-bond donors (Lipinski definition) is 1. The third-order valence-corrected chi connectivity index (χ3v) is 4.22. The van der Waals surface area contributed by atoms with Crippen LogP contribution in [0.3, 0.4) is 0 Å². The van der Waals surface area contributed by atoms with Crippen LogP contribution in [0, 0.1) is 6.92 Å². The van der Waals surface area contributed by atoms with Gasteiger partial charge < -0.3 is 19.2 Å².